The minimum absolute atomic E-state index is 0.116. The van der Waals surface area contributed by atoms with E-state index < -0.39 is 0 Å². The minimum Gasteiger partial charge on any atom is -0.306 e. The first-order valence-electron chi connectivity index (χ1n) is 6.75. The lowest BCUT2D eigenvalue weighted by molar-refractivity contribution is 0.629. The van der Waals surface area contributed by atoms with E-state index in [1.54, 1.807) is 17.4 Å². The molecule has 0 amide bonds. The average molecular weight is 285 g/mol. The third-order valence-electron chi connectivity index (χ3n) is 3.45. The van der Waals surface area contributed by atoms with Crippen molar-refractivity contribution in [3.63, 3.8) is 0 Å². The predicted octanol–water partition coefficient (Wildman–Crippen LogP) is 4.74. The summed E-state index contributed by atoms with van der Waals surface area (Å²) in [5, 5.41) is 7.24. The van der Waals surface area contributed by atoms with Gasteiger partial charge in [0.25, 0.3) is 0 Å². The largest absolute Gasteiger partial charge is 0.306 e. The van der Waals surface area contributed by atoms with Gasteiger partial charge in [-0.1, -0.05) is 43.3 Å². The number of hydrogen-bond acceptors (Lipinski definition) is 2. The van der Waals surface area contributed by atoms with Crippen LogP contribution in [0.5, 0.6) is 0 Å². The molecule has 1 aromatic heterocycles. The van der Waals surface area contributed by atoms with Gasteiger partial charge in [0.1, 0.15) is 5.82 Å². The zero-order valence-electron chi connectivity index (χ0n) is 11.3. The number of thiophene rings is 1. The normalized spacial score (nSPS) is 12.7. The molecule has 0 aliphatic rings. The summed E-state index contributed by atoms with van der Waals surface area (Å²) in [4.78, 5) is 1.25. The number of halogens is 1. The second kappa shape index (κ2) is 5.73. The molecule has 1 atom stereocenters. The Balaban J connectivity index is 2.19. The van der Waals surface area contributed by atoms with Crippen molar-refractivity contribution in [1.82, 2.24) is 5.32 Å². The highest BCUT2D eigenvalue weighted by Crippen LogP contribution is 2.32. The molecule has 0 saturated carbocycles. The highest BCUT2D eigenvalue weighted by Gasteiger charge is 2.17. The summed E-state index contributed by atoms with van der Waals surface area (Å²) in [6.45, 7) is 2.96. The Labute approximate surface area is 122 Å². The summed E-state index contributed by atoms with van der Waals surface area (Å²) in [7, 11) is 0. The van der Waals surface area contributed by atoms with Gasteiger partial charge in [0.05, 0.1) is 6.04 Å². The Bertz CT molecular complexity index is 706. The van der Waals surface area contributed by atoms with Gasteiger partial charge in [0, 0.05) is 10.3 Å². The van der Waals surface area contributed by atoms with Gasteiger partial charge < -0.3 is 5.32 Å². The zero-order valence-corrected chi connectivity index (χ0v) is 12.1. The molecular weight excluding hydrogens is 269 g/mol. The SMILES string of the molecule is CCNC(c1cccs1)c1ccc(F)c2ccccc12. The van der Waals surface area contributed by atoms with Gasteiger partial charge in [0.15, 0.2) is 0 Å². The Morgan fingerprint density at radius 3 is 2.55 bits per heavy atom. The lowest BCUT2D eigenvalue weighted by atomic mass is 9.97. The maximum Gasteiger partial charge on any atom is 0.131 e. The molecule has 1 heterocycles. The number of nitrogens with one attached hydrogen (secondary N) is 1. The summed E-state index contributed by atoms with van der Waals surface area (Å²) in [5.41, 5.74) is 1.13. The molecule has 0 fully saturated rings. The number of benzene rings is 2. The van der Waals surface area contributed by atoms with Crippen LogP contribution in [0.25, 0.3) is 10.8 Å². The zero-order chi connectivity index (χ0) is 13.9. The molecule has 3 aromatic rings. The van der Waals surface area contributed by atoms with E-state index in [0.717, 1.165) is 17.5 Å². The molecule has 3 rings (SSSR count). The Hall–Kier alpha value is -1.71. The smallest absolute Gasteiger partial charge is 0.131 e. The van der Waals surface area contributed by atoms with Crippen molar-refractivity contribution in [3.8, 4) is 0 Å². The van der Waals surface area contributed by atoms with E-state index >= 15 is 0 Å². The van der Waals surface area contributed by atoms with Crippen LogP contribution in [-0.2, 0) is 0 Å². The number of fused-ring (bicyclic) bond motifs is 1. The molecule has 1 nitrogen and oxygen atoms in total. The van der Waals surface area contributed by atoms with Crippen molar-refractivity contribution < 1.29 is 4.39 Å². The molecule has 0 bridgehead atoms. The van der Waals surface area contributed by atoms with Crippen molar-refractivity contribution in [2.45, 2.75) is 13.0 Å². The molecule has 1 unspecified atom stereocenters. The van der Waals surface area contributed by atoms with Crippen LogP contribution < -0.4 is 5.32 Å². The molecule has 1 N–H and O–H groups in total. The quantitative estimate of drug-likeness (QED) is 0.730. The van der Waals surface area contributed by atoms with Crippen LogP contribution in [0.3, 0.4) is 0 Å². The highest BCUT2D eigenvalue weighted by molar-refractivity contribution is 7.10. The van der Waals surface area contributed by atoms with E-state index in [1.165, 1.54) is 4.88 Å². The van der Waals surface area contributed by atoms with Crippen LogP contribution >= 0.6 is 11.3 Å². The second-order valence-electron chi connectivity index (χ2n) is 4.69. The Morgan fingerprint density at radius 2 is 1.85 bits per heavy atom. The lowest BCUT2D eigenvalue weighted by Crippen LogP contribution is -2.21. The number of hydrogen-bond donors (Lipinski definition) is 1. The molecule has 20 heavy (non-hydrogen) atoms. The predicted molar refractivity (Wildman–Crippen MR) is 83.7 cm³/mol. The summed E-state index contributed by atoms with van der Waals surface area (Å²) < 4.78 is 13.9. The van der Waals surface area contributed by atoms with E-state index in [1.807, 2.05) is 30.3 Å². The topological polar surface area (TPSA) is 12.0 Å². The van der Waals surface area contributed by atoms with Crippen molar-refractivity contribution in [2.75, 3.05) is 6.54 Å². The van der Waals surface area contributed by atoms with Gasteiger partial charge in [-0.05, 0) is 35.0 Å². The van der Waals surface area contributed by atoms with E-state index in [9.17, 15) is 4.39 Å². The molecule has 2 aromatic carbocycles. The maximum absolute atomic E-state index is 13.9. The van der Waals surface area contributed by atoms with Crippen LogP contribution in [0.1, 0.15) is 23.4 Å². The summed E-state index contributed by atoms with van der Waals surface area (Å²) in [5.74, 6) is -0.161. The van der Waals surface area contributed by atoms with Crippen LogP contribution in [0.4, 0.5) is 4.39 Å². The molecule has 102 valence electrons. The Morgan fingerprint density at radius 1 is 1.05 bits per heavy atom. The third kappa shape index (κ3) is 2.35. The van der Waals surface area contributed by atoms with Crippen LogP contribution in [0.2, 0.25) is 0 Å². The highest BCUT2D eigenvalue weighted by atomic mass is 32.1. The van der Waals surface area contributed by atoms with E-state index in [4.69, 9.17) is 0 Å². The Kier molecular flexibility index (Phi) is 3.81. The first-order chi connectivity index (χ1) is 9.81. The fourth-order valence-corrected chi connectivity index (χ4v) is 3.38. The number of rotatable bonds is 4. The van der Waals surface area contributed by atoms with Crippen molar-refractivity contribution >= 4 is 22.1 Å². The van der Waals surface area contributed by atoms with E-state index in [-0.39, 0.29) is 11.9 Å². The summed E-state index contributed by atoms with van der Waals surface area (Å²) >= 11 is 1.72. The first-order valence-corrected chi connectivity index (χ1v) is 7.63. The minimum atomic E-state index is -0.161. The lowest BCUT2D eigenvalue weighted by Gasteiger charge is -2.19. The fraction of sp³-hybridized carbons (Fsp3) is 0.176. The molecule has 0 spiro atoms. The third-order valence-corrected chi connectivity index (χ3v) is 4.39. The van der Waals surface area contributed by atoms with E-state index in [0.29, 0.717) is 5.39 Å². The fourth-order valence-electron chi connectivity index (χ4n) is 2.56. The molecule has 0 radical (unpaired) electrons. The average Bonchev–Trinajstić information content (AvgIpc) is 3.00. The van der Waals surface area contributed by atoms with Crippen LogP contribution in [-0.4, -0.2) is 6.54 Å². The van der Waals surface area contributed by atoms with Gasteiger partial charge in [0.2, 0.25) is 0 Å². The standard InChI is InChI=1S/C17H16FNS/c1-2-19-17(16-8-5-11-20-16)14-9-10-15(18)13-7-4-3-6-12(13)14/h3-11,17,19H,2H2,1H3. The van der Waals surface area contributed by atoms with Gasteiger partial charge in [-0.2, -0.15) is 0 Å². The van der Waals surface area contributed by atoms with Gasteiger partial charge in [-0.3, -0.25) is 0 Å². The van der Waals surface area contributed by atoms with Crippen LogP contribution in [0, 0.1) is 5.82 Å². The maximum atomic E-state index is 13.9. The van der Waals surface area contributed by atoms with Gasteiger partial charge in [-0.15, -0.1) is 11.3 Å². The van der Waals surface area contributed by atoms with Crippen molar-refractivity contribution in [1.29, 1.82) is 0 Å². The monoisotopic (exact) mass is 285 g/mol. The molecular formula is C17H16FNS. The summed E-state index contributed by atoms with van der Waals surface area (Å²) in [6.07, 6.45) is 0. The first kappa shape index (κ1) is 13.3. The molecule has 0 saturated heterocycles. The second-order valence-corrected chi connectivity index (χ2v) is 5.67. The van der Waals surface area contributed by atoms with Crippen molar-refractivity contribution in [3.05, 3.63) is 70.2 Å². The molecule has 0 aliphatic carbocycles. The van der Waals surface area contributed by atoms with Gasteiger partial charge >= 0.3 is 0 Å². The van der Waals surface area contributed by atoms with E-state index in [2.05, 4.69) is 29.8 Å². The molecule has 0 aliphatic heterocycles. The summed E-state index contributed by atoms with van der Waals surface area (Å²) in [6, 6.07) is 15.4. The van der Waals surface area contributed by atoms with Gasteiger partial charge in [-0.25, -0.2) is 4.39 Å². The van der Waals surface area contributed by atoms with Crippen LogP contribution in [0.15, 0.2) is 53.9 Å². The molecule has 3 heteroatoms. The van der Waals surface area contributed by atoms with Crippen molar-refractivity contribution in [2.24, 2.45) is 0 Å².